The normalized spacial score (nSPS) is 10.5. The zero-order valence-electron chi connectivity index (χ0n) is 12.3. The maximum absolute atomic E-state index is 11.9. The second-order valence-electron chi connectivity index (χ2n) is 4.45. The van der Waals surface area contributed by atoms with Crippen molar-refractivity contribution in [2.24, 2.45) is 0 Å². The molecule has 5 heteroatoms. The number of rotatable bonds is 5. The average Bonchev–Trinajstić information content (AvgIpc) is 2.54. The number of hydrogen-bond acceptors (Lipinski definition) is 3. The molecule has 0 atom stereocenters. The number of ether oxygens (including phenoxy) is 2. The average molecular weight is 362 g/mol. The smallest absolute Gasteiger partial charge is 0.248 e. The van der Waals surface area contributed by atoms with Crippen LogP contribution in [-0.2, 0) is 4.79 Å². The van der Waals surface area contributed by atoms with Crippen LogP contribution in [0.25, 0.3) is 6.08 Å². The lowest BCUT2D eigenvalue weighted by Crippen LogP contribution is -2.07. The largest absolute Gasteiger partial charge is 0.497 e. The first-order chi connectivity index (χ1) is 10.6. The highest BCUT2D eigenvalue weighted by Gasteiger charge is 2.01. The van der Waals surface area contributed by atoms with Crippen LogP contribution >= 0.6 is 15.9 Å². The molecule has 0 heterocycles. The first kappa shape index (κ1) is 16.1. The van der Waals surface area contributed by atoms with E-state index in [-0.39, 0.29) is 5.91 Å². The van der Waals surface area contributed by atoms with Gasteiger partial charge in [0.25, 0.3) is 0 Å². The Hall–Kier alpha value is -2.27. The number of halogens is 1. The number of methoxy groups -OCH3 is 2. The number of benzene rings is 2. The molecule has 0 radical (unpaired) electrons. The Bertz CT molecular complexity index is 681. The van der Waals surface area contributed by atoms with E-state index in [1.807, 2.05) is 18.2 Å². The summed E-state index contributed by atoms with van der Waals surface area (Å²) >= 11 is 3.41. The Labute approximate surface area is 137 Å². The molecule has 114 valence electrons. The summed E-state index contributed by atoms with van der Waals surface area (Å²) in [5, 5.41) is 2.78. The third kappa shape index (κ3) is 4.36. The number of hydrogen-bond donors (Lipinski definition) is 1. The van der Waals surface area contributed by atoms with Crippen molar-refractivity contribution in [2.75, 3.05) is 19.5 Å². The third-order valence-corrected chi connectivity index (χ3v) is 3.58. The van der Waals surface area contributed by atoms with Crippen LogP contribution in [0.3, 0.4) is 0 Å². The lowest BCUT2D eigenvalue weighted by atomic mass is 10.2. The van der Waals surface area contributed by atoms with Gasteiger partial charge in [-0.15, -0.1) is 0 Å². The zero-order valence-corrected chi connectivity index (χ0v) is 13.9. The summed E-state index contributed by atoms with van der Waals surface area (Å²) in [6.45, 7) is 0. The van der Waals surface area contributed by atoms with Crippen LogP contribution in [0.15, 0.2) is 53.0 Å². The summed E-state index contributed by atoms with van der Waals surface area (Å²) in [4.78, 5) is 11.9. The topological polar surface area (TPSA) is 47.6 Å². The van der Waals surface area contributed by atoms with E-state index < -0.39 is 0 Å². The first-order valence-electron chi connectivity index (χ1n) is 6.59. The molecule has 0 fully saturated rings. The van der Waals surface area contributed by atoms with E-state index in [9.17, 15) is 4.79 Å². The third-order valence-electron chi connectivity index (χ3n) is 2.96. The predicted octanol–water partition coefficient (Wildman–Crippen LogP) is 4.12. The first-order valence-corrected chi connectivity index (χ1v) is 7.38. The van der Waals surface area contributed by atoms with E-state index in [0.29, 0.717) is 5.69 Å². The summed E-state index contributed by atoms with van der Waals surface area (Å²) < 4.78 is 11.1. The quantitative estimate of drug-likeness (QED) is 0.814. The van der Waals surface area contributed by atoms with E-state index in [1.54, 1.807) is 44.6 Å². The minimum atomic E-state index is -0.197. The van der Waals surface area contributed by atoms with Gasteiger partial charge in [-0.05, 0) is 64.0 Å². The molecule has 2 aromatic carbocycles. The van der Waals surface area contributed by atoms with E-state index >= 15 is 0 Å². The SMILES string of the molecule is COc1ccc(NC(=O)C=Cc2ccc(OC)c(Br)c2)cc1. The van der Waals surface area contributed by atoms with Gasteiger partial charge >= 0.3 is 0 Å². The van der Waals surface area contributed by atoms with Crippen LogP contribution in [0.5, 0.6) is 11.5 Å². The Morgan fingerprint density at radius 1 is 1.09 bits per heavy atom. The van der Waals surface area contributed by atoms with E-state index in [4.69, 9.17) is 9.47 Å². The van der Waals surface area contributed by atoms with E-state index in [0.717, 1.165) is 21.5 Å². The molecule has 0 spiro atoms. The molecule has 0 saturated heterocycles. The van der Waals surface area contributed by atoms with Gasteiger partial charge in [-0.25, -0.2) is 0 Å². The number of amides is 1. The van der Waals surface area contributed by atoms with Gasteiger partial charge in [0.1, 0.15) is 11.5 Å². The molecule has 0 aliphatic rings. The van der Waals surface area contributed by atoms with Gasteiger partial charge in [-0.2, -0.15) is 0 Å². The molecule has 1 amide bonds. The van der Waals surface area contributed by atoms with Crippen molar-refractivity contribution in [3.8, 4) is 11.5 Å². The Kier molecular flexibility index (Phi) is 5.61. The molecule has 0 aliphatic carbocycles. The minimum absolute atomic E-state index is 0.197. The number of carbonyl (C=O) groups is 1. The van der Waals surface area contributed by atoms with Gasteiger partial charge in [-0.1, -0.05) is 6.07 Å². The monoisotopic (exact) mass is 361 g/mol. The highest BCUT2D eigenvalue weighted by Crippen LogP contribution is 2.26. The highest BCUT2D eigenvalue weighted by atomic mass is 79.9. The van der Waals surface area contributed by atoms with Crippen molar-refractivity contribution in [1.82, 2.24) is 0 Å². The van der Waals surface area contributed by atoms with Gasteiger partial charge < -0.3 is 14.8 Å². The van der Waals surface area contributed by atoms with Crippen LogP contribution in [0, 0.1) is 0 Å². The molecule has 0 aliphatic heterocycles. The van der Waals surface area contributed by atoms with Crippen molar-refractivity contribution in [3.63, 3.8) is 0 Å². The van der Waals surface area contributed by atoms with Gasteiger partial charge in [-0.3, -0.25) is 4.79 Å². The lowest BCUT2D eigenvalue weighted by molar-refractivity contribution is -0.111. The maximum Gasteiger partial charge on any atom is 0.248 e. The molecule has 0 aromatic heterocycles. The molecule has 1 N–H and O–H groups in total. The fourth-order valence-electron chi connectivity index (χ4n) is 1.82. The van der Waals surface area contributed by atoms with Gasteiger partial charge in [0.15, 0.2) is 0 Å². The van der Waals surface area contributed by atoms with Crippen LogP contribution in [0.2, 0.25) is 0 Å². The molecular weight excluding hydrogens is 346 g/mol. The van der Waals surface area contributed by atoms with Crippen LogP contribution in [0.4, 0.5) is 5.69 Å². The Morgan fingerprint density at radius 3 is 2.41 bits per heavy atom. The van der Waals surface area contributed by atoms with Crippen LogP contribution in [-0.4, -0.2) is 20.1 Å². The summed E-state index contributed by atoms with van der Waals surface area (Å²) in [5.41, 5.74) is 1.61. The van der Waals surface area contributed by atoms with E-state index in [2.05, 4.69) is 21.2 Å². The van der Waals surface area contributed by atoms with Crippen molar-refractivity contribution < 1.29 is 14.3 Å². The Balaban J connectivity index is 1.99. The van der Waals surface area contributed by atoms with E-state index in [1.165, 1.54) is 6.08 Å². The number of carbonyl (C=O) groups excluding carboxylic acids is 1. The fourth-order valence-corrected chi connectivity index (χ4v) is 2.37. The van der Waals surface area contributed by atoms with Gasteiger partial charge in [0, 0.05) is 11.8 Å². The molecular formula is C17H16BrNO3. The van der Waals surface area contributed by atoms with Crippen molar-refractivity contribution >= 4 is 33.6 Å². The Morgan fingerprint density at radius 2 is 1.82 bits per heavy atom. The zero-order chi connectivity index (χ0) is 15.9. The second kappa shape index (κ2) is 7.66. The number of nitrogens with one attached hydrogen (secondary N) is 1. The lowest BCUT2D eigenvalue weighted by Gasteiger charge is -2.04. The predicted molar refractivity (Wildman–Crippen MR) is 91.4 cm³/mol. The van der Waals surface area contributed by atoms with Crippen molar-refractivity contribution in [1.29, 1.82) is 0 Å². The standard InChI is InChI=1S/C17H16BrNO3/c1-21-14-7-5-13(6-8-14)19-17(20)10-4-12-3-9-16(22-2)15(18)11-12/h3-11H,1-2H3,(H,19,20). The molecule has 22 heavy (non-hydrogen) atoms. The minimum Gasteiger partial charge on any atom is -0.497 e. The summed E-state index contributed by atoms with van der Waals surface area (Å²) in [5.74, 6) is 1.30. The summed E-state index contributed by atoms with van der Waals surface area (Å²) in [7, 11) is 3.21. The molecule has 2 rings (SSSR count). The molecule has 2 aromatic rings. The fraction of sp³-hybridized carbons (Fsp3) is 0.118. The molecule has 0 saturated carbocycles. The highest BCUT2D eigenvalue weighted by molar-refractivity contribution is 9.10. The summed E-state index contributed by atoms with van der Waals surface area (Å²) in [6.07, 6.45) is 3.22. The maximum atomic E-state index is 11.9. The van der Waals surface area contributed by atoms with Crippen molar-refractivity contribution in [3.05, 3.63) is 58.6 Å². The second-order valence-corrected chi connectivity index (χ2v) is 5.30. The van der Waals surface area contributed by atoms with Gasteiger partial charge in [0.05, 0.1) is 18.7 Å². The molecule has 0 bridgehead atoms. The van der Waals surface area contributed by atoms with Crippen LogP contribution in [0.1, 0.15) is 5.56 Å². The van der Waals surface area contributed by atoms with Gasteiger partial charge in [0.2, 0.25) is 5.91 Å². The summed E-state index contributed by atoms with van der Waals surface area (Å²) in [6, 6.07) is 12.8. The van der Waals surface area contributed by atoms with Crippen LogP contribution < -0.4 is 14.8 Å². The molecule has 4 nitrogen and oxygen atoms in total. The molecule has 0 unspecified atom stereocenters. The number of anilines is 1. The van der Waals surface area contributed by atoms with Crippen molar-refractivity contribution in [2.45, 2.75) is 0 Å².